The van der Waals surface area contributed by atoms with Gasteiger partial charge in [0.15, 0.2) is 0 Å². The van der Waals surface area contributed by atoms with Crippen molar-refractivity contribution in [1.29, 1.82) is 0 Å². The van der Waals surface area contributed by atoms with Crippen molar-refractivity contribution in [3.05, 3.63) is 50.6 Å². The molecule has 2 N–H and O–H groups in total. The summed E-state index contributed by atoms with van der Waals surface area (Å²) in [4.78, 5) is 39.3. The Bertz CT molecular complexity index is 879. The van der Waals surface area contributed by atoms with Gasteiger partial charge in [0.25, 0.3) is 5.91 Å². The lowest BCUT2D eigenvalue weighted by atomic mass is 10.1. The van der Waals surface area contributed by atoms with Crippen LogP contribution in [0.5, 0.6) is 0 Å². The predicted octanol–water partition coefficient (Wildman–Crippen LogP) is 3.39. The fourth-order valence-electron chi connectivity index (χ4n) is 2.83. The van der Waals surface area contributed by atoms with Gasteiger partial charge in [-0.2, -0.15) is 11.8 Å². The number of amides is 3. The second kappa shape index (κ2) is 10.3. The van der Waals surface area contributed by atoms with Crippen molar-refractivity contribution in [1.82, 2.24) is 10.2 Å². The highest BCUT2D eigenvalue weighted by atomic mass is 79.9. The number of benzene rings is 1. The van der Waals surface area contributed by atoms with Crippen LogP contribution in [0.2, 0.25) is 0 Å². The number of hydrogen-bond acceptors (Lipinski definition) is 5. The first-order chi connectivity index (χ1) is 13.9. The maximum atomic E-state index is 12.4. The largest absolute Gasteiger partial charge is 0.341 e. The summed E-state index contributed by atoms with van der Waals surface area (Å²) in [6.45, 7) is 3.26. The normalized spacial score (nSPS) is 14.9. The monoisotopic (exact) mass is 495 g/mol. The topological polar surface area (TPSA) is 78.5 Å². The molecular weight excluding hydrogens is 474 g/mol. The SMILES string of the molecule is CC(NC(=O)c1ccc(Br)s1)C(=O)Nc1ccc(CC(=O)N2CCSCC2)cc1. The standard InChI is InChI=1S/C20H22BrN3O3S2/c1-13(22-20(27)16-6-7-17(21)29-16)19(26)23-15-4-2-14(3-5-15)12-18(25)24-8-10-28-11-9-24/h2-7,13H,8-12H2,1H3,(H,22,27)(H,23,26). The lowest BCUT2D eigenvalue weighted by Crippen LogP contribution is -2.41. The van der Waals surface area contributed by atoms with E-state index in [0.717, 1.165) is 33.9 Å². The van der Waals surface area contributed by atoms with E-state index >= 15 is 0 Å². The zero-order valence-electron chi connectivity index (χ0n) is 15.9. The highest BCUT2D eigenvalue weighted by Gasteiger charge is 2.19. The second-order valence-corrected chi connectivity index (χ2v) is 10.3. The Morgan fingerprint density at radius 1 is 1.10 bits per heavy atom. The third-order valence-electron chi connectivity index (χ3n) is 4.48. The molecule has 0 bridgehead atoms. The van der Waals surface area contributed by atoms with Gasteiger partial charge in [0.1, 0.15) is 6.04 Å². The molecule has 6 nitrogen and oxygen atoms in total. The molecule has 2 aromatic rings. The molecule has 1 aliphatic heterocycles. The van der Waals surface area contributed by atoms with Crippen LogP contribution in [-0.2, 0) is 16.0 Å². The van der Waals surface area contributed by atoms with E-state index in [1.54, 1.807) is 31.2 Å². The summed E-state index contributed by atoms with van der Waals surface area (Å²) in [6, 6.07) is 10.1. The number of nitrogens with zero attached hydrogens (tertiary/aromatic N) is 1. The molecule has 9 heteroatoms. The molecule has 0 saturated carbocycles. The number of hydrogen-bond donors (Lipinski definition) is 2. The van der Waals surface area contributed by atoms with Crippen LogP contribution in [-0.4, -0.2) is 53.3 Å². The van der Waals surface area contributed by atoms with E-state index < -0.39 is 6.04 Å². The minimum Gasteiger partial charge on any atom is -0.341 e. The molecule has 3 amide bonds. The Kier molecular flexibility index (Phi) is 7.74. The van der Waals surface area contributed by atoms with Gasteiger partial charge < -0.3 is 15.5 Å². The predicted molar refractivity (Wildman–Crippen MR) is 122 cm³/mol. The zero-order valence-corrected chi connectivity index (χ0v) is 19.2. The number of halogens is 1. The lowest BCUT2D eigenvalue weighted by molar-refractivity contribution is -0.130. The third kappa shape index (κ3) is 6.32. The first-order valence-corrected chi connectivity index (χ1v) is 12.0. The molecule has 1 atom stereocenters. The number of nitrogens with one attached hydrogen (secondary N) is 2. The van der Waals surface area contributed by atoms with Crippen molar-refractivity contribution < 1.29 is 14.4 Å². The maximum absolute atomic E-state index is 12.4. The van der Waals surface area contributed by atoms with Gasteiger partial charge in [-0.3, -0.25) is 14.4 Å². The van der Waals surface area contributed by atoms with E-state index in [0.29, 0.717) is 17.0 Å². The number of carbonyl (C=O) groups is 3. The average Bonchev–Trinajstić information content (AvgIpc) is 3.16. The average molecular weight is 496 g/mol. The molecular formula is C20H22BrN3O3S2. The van der Waals surface area contributed by atoms with Gasteiger partial charge in [0, 0.05) is 30.3 Å². The van der Waals surface area contributed by atoms with Crippen LogP contribution in [0.3, 0.4) is 0 Å². The molecule has 0 aliphatic carbocycles. The summed E-state index contributed by atoms with van der Waals surface area (Å²) in [5.41, 5.74) is 1.54. The molecule has 1 fully saturated rings. The van der Waals surface area contributed by atoms with Crippen LogP contribution in [0.1, 0.15) is 22.2 Å². The van der Waals surface area contributed by atoms with Crippen LogP contribution in [0.15, 0.2) is 40.2 Å². The molecule has 3 rings (SSSR count). The minimum absolute atomic E-state index is 0.138. The van der Waals surface area contributed by atoms with Gasteiger partial charge in [-0.1, -0.05) is 12.1 Å². The number of thioether (sulfide) groups is 1. The Labute approximate surface area is 186 Å². The van der Waals surface area contributed by atoms with Crippen LogP contribution < -0.4 is 10.6 Å². The third-order valence-corrected chi connectivity index (χ3v) is 7.04. The zero-order chi connectivity index (χ0) is 20.8. The summed E-state index contributed by atoms with van der Waals surface area (Å²) in [5, 5.41) is 5.48. The molecule has 154 valence electrons. The second-order valence-electron chi connectivity index (χ2n) is 6.66. The summed E-state index contributed by atoms with van der Waals surface area (Å²) in [6.07, 6.45) is 0.363. The maximum Gasteiger partial charge on any atom is 0.262 e. The van der Waals surface area contributed by atoms with Crippen molar-refractivity contribution in [2.75, 3.05) is 29.9 Å². The Balaban J connectivity index is 1.49. The summed E-state index contributed by atoms with van der Waals surface area (Å²) in [5.74, 6) is 1.54. The van der Waals surface area contributed by atoms with Gasteiger partial charge in [-0.05, 0) is 52.7 Å². The molecule has 1 aromatic carbocycles. The van der Waals surface area contributed by atoms with E-state index in [4.69, 9.17) is 0 Å². The molecule has 0 spiro atoms. The quantitative estimate of drug-likeness (QED) is 0.643. The van der Waals surface area contributed by atoms with Crippen molar-refractivity contribution in [3.8, 4) is 0 Å². The summed E-state index contributed by atoms with van der Waals surface area (Å²) < 4.78 is 0.859. The Morgan fingerprint density at radius 3 is 2.41 bits per heavy atom. The van der Waals surface area contributed by atoms with Crippen LogP contribution in [0, 0.1) is 0 Å². The van der Waals surface area contributed by atoms with Gasteiger partial charge >= 0.3 is 0 Å². The van der Waals surface area contributed by atoms with E-state index in [1.165, 1.54) is 11.3 Å². The van der Waals surface area contributed by atoms with E-state index in [-0.39, 0.29) is 17.7 Å². The van der Waals surface area contributed by atoms with Crippen molar-refractivity contribution in [2.24, 2.45) is 0 Å². The first kappa shape index (κ1) is 21.9. The van der Waals surface area contributed by atoms with Crippen molar-refractivity contribution >= 4 is 62.4 Å². The van der Waals surface area contributed by atoms with E-state index in [9.17, 15) is 14.4 Å². The molecule has 29 heavy (non-hydrogen) atoms. The number of thiophene rings is 1. The number of carbonyl (C=O) groups excluding carboxylic acids is 3. The summed E-state index contributed by atoms with van der Waals surface area (Å²) >= 11 is 6.50. The highest BCUT2D eigenvalue weighted by Crippen LogP contribution is 2.22. The molecule has 2 heterocycles. The highest BCUT2D eigenvalue weighted by molar-refractivity contribution is 9.11. The minimum atomic E-state index is -0.679. The van der Waals surface area contributed by atoms with E-state index in [2.05, 4.69) is 26.6 Å². The van der Waals surface area contributed by atoms with Gasteiger partial charge in [0.05, 0.1) is 15.1 Å². The summed E-state index contributed by atoms with van der Waals surface area (Å²) in [7, 11) is 0. The Morgan fingerprint density at radius 2 is 1.79 bits per heavy atom. The first-order valence-electron chi connectivity index (χ1n) is 9.24. The molecule has 0 radical (unpaired) electrons. The molecule has 1 saturated heterocycles. The van der Waals surface area contributed by atoms with E-state index in [1.807, 2.05) is 28.8 Å². The van der Waals surface area contributed by atoms with Gasteiger partial charge in [-0.15, -0.1) is 11.3 Å². The van der Waals surface area contributed by atoms with Gasteiger partial charge in [0.2, 0.25) is 11.8 Å². The number of rotatable bonds is 6. The fourth-order valence-corrected chi connectivity index (χ4v) is 5.02. The van der Waals surface area contributed by atoms with Crippen LogP contribution in [0.25, 0.3) is 0 Å². The number of anilines is 1. The van der Waals surface area contributed by atoms with Crippen LogP contribution >= 0.6 is 39.0 Å². The molecule has 1 aromatic heterocycles. The lowest BCUT2D eigenvalue weighted by Gasteiger charge is -2.26. The molecule has 1 aliphatic rings. The van der Waals surface area contributed by atoms with Crippen molar-refractivity contribution in [3.63, 3.8) is 0 Å². The van der Waals surface area contributed by atoms with Crippen LogP contribution in [0.4, 0.5) is 5.69 Å². The Hall–Kier alpha value is -1.84. The smallest absolute Gasteiger partial charge is 0.262 e. The molecule has 1 unspecified atom stereocenters. The fraction of sp³-hybridized carbons (Fsp3) is 0.350. The van der Waals surface area contributed by atoms with Crippen molar-refractivity contribution in [2.45, 2.75) is 19.4 Å². The van der Waals surface area contributed by atoms with Gasteiger partial charge in [-0.25, -0.2) is 0 Å².